The highest BCUT2D eigenvalue weighted by Crippen LogP contribution is 2.34. The number of rotatable bonds is 7. The Morgan fingerprint density at radius 2 is 1.82 bits per heavy atom. The van der Waals surface area contributed by atoms with Crippen LogP contribution in [0.2, 0.25) is 0 Å². The Balaban J connectivity index is 1.45. The molecule has 0 aliphatic carbocycles. The van der Waals surface area contributed by atoms with E-state index < -0.39 is 6.04 Å². The van der Waals surface area contributed by atoms with E-state index in [1.165, 1.54) is 16.7 Å². The first-order valence-corrected chi connectivity index (χ1v) is 12.0. The Labute approximate surface area is 208 Å². The van der Waals surface area contributed by atoms with Crippen LogP contribution in [0.3, 0.4) is 0 Å². The lowest BCUT2D eigenvalue weighted by atomic mass is 10.1. The summed E-state index contributed by atoms with van der Waals surface area (Å²) in [4.78, 5) is 27.8. The minimum absolute atomic E-state index is 0.280. The maximum atomic E-state index is 13.1. The smallest absolute Gasteiger partial charge is 0.266 e. The summed E-state index contributed by atoms with van der Waals surface area (Å²) in [7, 11) is 0. The van der Waals surface area contributed by atoms with Crippen molar-refractivity contribution in [3.8, 4) is 5.75 Å². The van der Waals surface area contributed by atoms with Crippen LogP contribution in [0, 0.1) is 6.92 Å². The summed E-state index contributed by atoms with van der Waals surface area (Å²) in [6.45, 7) is 4.06. The van der Waals surface area contributed by atoms with Gasteiger partial charge in [0.25, 0.3) is 5.91 Å². The zero-order valence-corrected chi connectivity index (χ0v) is 20.5. The fourth-order valence-electron chi connectivity index (χ4n) is 3.47. The van der Waals surface area contributed by atoms with Crippen LogP contribution in [-0.2, 0) is 16.2 Å². The van der Waals surface area contributed by atoms with Gasteiger partial charge in [-0.3, -0.25) is 14.5 Å². The highest BCUT2D eigenvalue weighted by Gasteiger charge is 2.38. The maximum absolute atomic E-state index is 13.1. The van der Waals surface area contributed by atoms with Crippen molar-refractivity contribution in [1.82, 2.24) is 4.90 Å². The van der Waals surface area contributed by atoms with Crippen molar-refractivity contribution in [3.63, 3.8) is 0 Å². The fraction of sp³-hybridized carbons (Fsp3) is 0.148. The molecule has 7 heteroatoms. The van der Waals surface area contributed by atoms with Gasteiger partial charge in [-0.15, -0.1) is 0 Å². The predicted octanol–water partition coefficient (Wildman–Crippen LogP) is 5.80. The minimum Gasteiger partial charge on any atom is -0.489 e. The van der Waals surface area contributed by atoms with Gasteiger partial charge < -0.3 is 10.1 Å². The number of amides is 2. The Morgan fingerprint density at radius 3 is 2.59 bits per heavy atom. The SMILES string of the molecule is Cc1ccccc1NC(=O)C(C)N1C(=O)/C(=C/c2cccc(OCc3ccccc3)c2)SC1=S. The van der Waals surface area contributed by atoms with Crippen molar-refractivity contribution in [2.45, 2.75) is 26.5 Å². The number of carbonyl (C=O) groups is 2. The molecule has 1 unspecified atom stereocenters. The van der Waals surface area contributed by atoms with Crippen molar-refractivity contribution in [1.29, 1.82) is 0 Å². The molecule has 4 rings (SSSR count). The average Bonchev–Trinajstić information content (AvgIpc) is 3.12. The third kappa shape index (κ3) is 5.55. The fourth-order valence-corrected chi connectivity index (χ4v) is 4.89. The van der Waals surface area contributed by atoms with E-state index in [1.54, 1.807) is 13.0 Å². The summed E-state index contributed by atoms with van der Waals surface area (Å²) in [5.74, 6) is 0.139. The summed E-state index contributed by atoms with van der Waals surface area (Å²) in [5.41, 5.74) is 3.56. The quantitative estimate of drug-likeness (QED) is 0.336. The summed E-state index contributed by atoms with van der Waals surface area (Å²) in [5, 5.41) is 2.89. The summed E-state index contributed by atoms with van der Waals surface area (Å²) in [6, 6.07) is 24.2. The van der Waals surface area contributed by atoms with Gasteiger partial charge in [0.2, 0.25) is 5.91 Å². The molecule has 0 aromatic heterocycles. The molecule has 0 radical (unpaired) electrons. The molecular formula is C27H24N2O3S2. The van der Waals surface area contributed by atoms with E-state index in [1.807, 2.05) is 85.8 Å². The summed E-state index contributed by atoms with van der Waals surface area (Å²) < 4.78 is 6.25. The highest BCUT2D eigenvalue weighted by atomic mass is 32.2. The largest absolute Gasteiger partial charge is 0.489 e. The van der Waals surface area contributed by atoms with Gasteiger partial charge in [-0.05, 0) is 54.8 Å². The van der Waals surface area contributed by atoms with E-state index in [-0.39, 0.29) is 11.8 Å². The topological polar surface area (TPSA) is 58.6 Å². The Morgan fingerprint density at radius 1 is 1.09 bits per heavy atom. The molecule has 172 valence electrons. The number of thiocarbonyl (C=S) groups is 1. The number of anilines is 1. The maximum Gasteiger partial charge on any atom is 0.266 e. The summed E-state index contributed by atoms with van der Waals surface area (Å²) in [6.07, 6.45) is 1.78. The van der Waals surface area contributed by atoms with Crippen molar-refractivity contribution in [3.05, 3.63) is 100 Å². The van der Waals surface area contributed by atoms with Gasteiger partial charge in [0.1, 0.15) is 22.7 Å². The molecule has 2 amide bonds. The molecule has 1 fully saturated rings. The lowest BCUT2D eigenvalue weighted by Crippen LogP contribution is -2.44. The lowest BCUT2D eigenvalue weighted by Gasteiger charge is -2.22. The van der Waals surface area contributed by atoms with Crippen molar-refractivity contribution >= 4 is 51.9 Å². The zero-order valence-electron chi connectivity index (χ0n) is 18.9. The number of nitrogens with one attached hydrogen (secondary N) is 1. The van der Waals surface area contributed by atoms with Gasteiger partial charge >= 0.3 is 0 Å². The molecule has 1 aliphatic heterocycles. The molecule has 0 saturated carbocycles. The number of para-hydroxylation sites is 1. The second kappa shape index (κ2) is 10.7. The van der Waals surface area contributed by atoms with Gasteiger partial charge in [0.05, 0.1) is 4.91 Å². The predicted molar refractivity (Wildman–Crippen MR) is 141 cm³/mol. The van der Waals surface area contributed by atoms with Crippen molar-refractivity contribution in [2.75, 3.05) is 5.32 Å². The molecule has 1 heterocycles. The summed E-state index contributed by atoms with van der Waals surface area (Å²) >= 11 is 6.64. The van der Waals surface area contributed by atoms with Gasteiger partial charge in [-0.25, -0.2) is 0 Å². The van der Waals surface area contributed by atoms with E-state index in [0.717, 1.165) is 16.7 Å². The van der Waals surface area contributed by atoms with Crippen LogP contribution >= 0.6 is 24.0 Å². The van der Waals surface area contributed by atoms with Gasteiger partial charge in [-0.1, -0.05) is 84.6 Å². The molecule has 1 atom stereocenters. The molecule has 1 aliphatic rings. The Hall–Kier alpha value is -3.42. The Bertz CT molecular complexity index is 1260. The second-order valence-corrected chi connectivity index (χ2v) is 9.55. The standard InChI is InChI=1S/C27H24N2O3S2/c1-18-9-6-7-14-23(18)28-25(30)19(2)29-26(31)24(34-27(29)33)16-21-12-8-13-22(15-21)32-17-20-10-4-3-5-11-20/h3-16,19H,17H2,1-2H3,(H,28,30)/b24-16-. The number of ether oxygens (including phenoxy) is 1. The van der Waals surface area contributed by atoms with E-state index in [4.69, 9.17) is 17.0 Å². The van der Waals surface area contributed by atoms with Crippen LogP contribution in [0.15, 0.2) is 83.8 Å². The van der Waals surface area contributed by atoms with Gasteiger partial charge in [0.15, 0.2) is 0 Å². The normalized spacial score (nSPS) is 15.5. The zero-order chi connectivity index (χ0) is 24.1. The first kappa shape index (κ1) is 23.7. The number of aryl methyl sites for hydroxylation is 1. The van der Waals surface area contributed by atoms with Crippen molar-refractivity contribution < 1.29 is 14.3 Å². The molecule has 3 aromatic carbocycles. The minimum atomic E-state index is -0.737. The van der Waals surface area contributed by atoms with Crippen LogP contribution in [0.25, 0.3) is 6.08 Å². The molecule has 1 N–H and O–H groups in total. The molecule has 0 bridgehead atoms. The third-order valence-corrected chi connectivity index (χ3v) is 6.73. The van der Waals surface area contributed by atoms with Gasteiger partial charge in [-0.2, -0.15) is 0 Å². The van der Waals surface area contributed by atoms with Crippen LogP contribution < -0.4 is 10.1 Å². The molecule has 1 saturated heterocycles. The number of thioether (sulfide) groups is 1. The first-order valence-electron chi connectivity index (χ1n) is 10.8. The number of carbonyl (C=O) groups excluding carboxylic acids is 2. The highest BCUT2D eigenvalue weighted by molar-refractivity contribution is 8.26. The molecule has 34 heavy (non-hydrogen) atoms. The lowest BCUT2D eigenvalue weighted by molar-refractivity contribution is -0.129. The van der Waals surface area contributed by atoms with Crippen LogP contribution in [-0.4, -0.2) is 27.1 Å². The van der Waals surface area contributed by atoms with E-state index in [9.17, 15) is 9.59 Å². The van der Waals surface area contributed by atoms with Crippen LogP contribution in [0.4, 0.5) is 5.69 Å². The van der Waals surface area contributed by atoms with E-state index >= 15 is 0 Å². The van der Waals surface area contributed by atoms with Crippen LogP contribution in [0.1, 0.15) is 23.6 Å². The molecule has 3 aromatic rings. The van der Waals surface area contributed by atoms with Crippen LogP contribution in [0.5, 0.6) is 5.75 Å². The van der Waals surface area contributed by atoms with Crippen molar-refractivity contribution in [2.24, 2.45) is 0 Å². The number of hydrogen-bond donors (Lipinski definition) is 1. The third-order valence-electron chi connectivity index (χ3n) is 5.40. The molecular weight excluding hydrogens is 464 g/mol. The first-order chi connectivity index (χ1) is 16.4. The number of hydrogen-bond acceptors (Lipinski definition) is 5. The average molecular weight is 489 g/mol. The monoisotopic (exact) mass is 488 g/mol. The number of benzene rings is 3. The molecule has 5 nitrogen and oxygen atoms in total. The van der Waals surface area contributed by atoms with E-state index in [2.05, 4.69) is 5.32 Å². The Kier molecular flexibility index (Phi) is 7.45. The number of nitrogens with zero attached hydrogens (tertiary/aromatic N) is 1. The second-order valence-electron chi connectivity index (χ2n) is 7.88. The van der Waals surface area contributed by atoms with E-state index in [0.29, 0.717) is 27.3 Å². The molecule has 0 spiro atoms. The van der Waals surface area contributed by atoms with Gasteiger partial charge in [0, 0.05) is 5.69 Å².